The fourth-order valence-electron chi connectivity index (χ4n) is 1.81. The van der Waals surface area contributed by atoms with Crippen molar-refractivity contribution in [1.29, 1.82) is 0 Å². The number of fused-ring (bicyclic) bond motifs is 1. The molecule has 1 fully saturated rings. The monoisotopic (exact) mass is 169 g/mol. The maximum absolute atomic E-state index is 10.7. The molecule has 0 radical (unpaired) electrons. The van der Waals surface area contributed by atoms with Gasteiger partial charge in [0.2, 0.25) is 5.60 Å². The van der Waals surface area contributed by atoms with E-state index in [9.17, 15) is 9.59 Å². The van der Waals surface area contributed by atoms with Crippen molar-refractivity contribution < 1.29 is 19.4 Å². The van der Waals surface area contributed by atoms with Crippen LogP contribution in [0.5, 0.6) is 0 Å². The van der Waals surface area contributed by atoms with E-state index in [4.69, 9.17) is 5.11 Å². The van der Waals surface area contributed by atoms with Gasteiger partial charge in [-0.05, 0) is 0 Å². The minimum atomic E-state index is -1.29. The Morgan fingerprint density at radius 1 is 1.83 bits per heavy atom. The molecule has 2 rings (SSSR count). The molecule has 64 valence electrons. The van der Waals surface area contributed by atoms with Crippen LogP contribution in [0.4, 0.5) is 0 Å². The minimum absolute atomic E-state index is 0.139. The third kappa shape index (κ3) is 0.609. The third-order valence-electron chi connectivity index (χ3n) is 2.52. The number of carbonyl (C=O) groups is 2. The van der Waals surface area contributed by atoms with Crippen LogP contribution in [-0.2, 0) is 14.3 Å². The van der Waals surface area contributed by atoms with E-state index >= 15 is 0 Å². The molecule has 1 aliphatic carbocycles. The van der Waals surface area contributed by atoms with Crippen LogP contribution >= 0.6 is 0 Å². The molecule has 12 heavy (non-hydrogen) atoms. The normalized spacial score (nSPS) is 42.0. The fourth-order valence-corrected chi connectivity index (χ4v) is 1.81. The van der Waals surface area contributed by atoms with E-state index in [1.54, 1.807) is 6.21 Å². The van der Waals surface area contributed by atoms with Crippen LogP contribution in [-0.4, -0.2) is 35.9 Å². The Bertz CT molecular complexity index is 275. The van der Waals surface area contributed by atoms with Gasteiger partial charge in [-0.2, -0.15) is 0 Å². The highest BCUT2D eigenvalue weighted by molar-refractivity contribution is 5.93. The second-order valence-electron chi connectivity index (χ2n) is 2.96. The quantitative estimate of drug-likeness (QED) is 0.567. The standard InChI is InChI=1S/C7H7NO4/c9-3-12-7(6(10)11)4-1-8-2-5(4)7/h1,3-5H,2H2,(H,10,11)/t4-,5+,7?/m1/s1. The van der Waals surface area contributed by atoms with Crippen LogP contribution in [0.15, 0.2) is 4.99 Å². The summed E-state index contributed by atoms with van der Waals surface area (Å²) in [5.74, 6) is -1.42. The Morgan fingerprint density at radius 3 is 3.00 bits per heavy atom. The third-order valence-corrected chi connectivity index (χ3v) is 2.52. The van der Waals surface area contributed by atoms with E-state index in [-0.39, 0.29) is 18.3 Å². The summed E-state index contributed by atoms with van der Waals surface area (Å²) in [5, 5.41) is 8.80. The Labute approximate surface area is 68.0 Å². The summed E-state index contributed by atoms with van der Waals surface area (Å²) in [6.07, 6.45) is 1.56. The molecule has 0 aromatic heterocycles. The molecule has 0 saturated heterocycles. The van der Waals surface area contributed by atoms with Crippen LogP contribution in [0.25, 0.3) is 0 Å². The lowest BCUT2D eigenvalue weighted by Gasteiger charge is -2.10. The zero-order valence-electron chi connectivity index (χ0n) is 6.14. The minimum Gasteiger partial charge on any atom is -0.478 e. The summed E-state index contributed by atoms with van der Waals surface area (Å²) in [6.45, 7) is 0.644. The smallest absolute Gasteiger partial charge is 0.349 e. The number of aliphatic imine (C=N–C) groups is 1. The molecule has 0 amide bonds. The van der Waals surface area contributed by atoms with Gasteiger partial charge in [-0.3, -0.25) is 9.79 Å². The first-order valence-electron chi connectivity index (χ1n) is 3.58. The number of hydrogen-bond acceptors (Lipinski definition) is 4. The molecule has 5 heteroatoms. The molecular weight excluding hydrogens is 162 g/mol. The Kier molecular flexibility index (Phi) is 1.25. The maximum Gasteiger partial charge on any atom is 0.349 e. The molecule has 1 saturated carbocycles. The number of carboxylic acids is 1. The number of hydrogen-bond donors (Lipinski definition) is 1. The molecule has 1 unspecified atom stereocenters. The number of carboxylic acid groups (broad SMARTS) is 1. The lowest BCUT2D eigenvalue weighted by Crippen LogP contribution is -2.31. The average Bonchev–Trinajstić information content (AvgIpc) is 2.46. The lowest BCUT2D eigenvalue weighted by atomic mass is 10.2. The summed E-state index contributed by atoms with van der Waals surface area (Å²) in [7, 11) is 0. The molecule has 1 aliphatic heterocycles. The van der Waals surface area contributed by atoms with Crippen molar-refractivity contribution in [2.24, 2.45) is 16.8 Å². The Morgan fingerprint density at radius 2 is 2.58 bits per heavy atom. The van der Waals surface area contributed by atoms with Crippen molar-refractivity contribution >= 4 is 18.7 Å². The van der Waals surface area contributed by atoms with Gasteiger partial charge >= 0.3 is 5.97 Å². The van der Waals surface area contributed by atoms with E-state index in [0.29, 0.717) is 6.54 Å². The predicted octanol–water partition coefficient (Wildman–Crippen LogP) is -0.687. The highest BCUT2D eigenvalue weighted by Gasteiger charge is 2.74. The largest absolute Gasteiger partial charge is 0.478 e. The summed E-state index contributed by atoms with van der Waals surface area (Å²) in [4.78, 5) is 24.7. The summed E-state index contributed by atoms with van der Waals surface area (Å²) < 4.78 is 4.60. The topological polar surface area (TPSA) is 76.0 Å². The average molecular weight is 169 g/mol. The van der Waals surface area contributed by atoms with Crippen molar-refractivity contribution in [3.63, 3.8) is 0 Å². The predicted molar refractivity (Wildman–Crippen MR) is 37.9 cm³/mol. The number of ether oxygens (including phenoxy) is 1. The molecule has 1 heterocycles. The maximum atomic E-state index is 10.7. The van der Waals surface area contributed by atoms with Crippen LogP contribution < -0.4 is 0 Å². The van der Waals surface area contributed by atoms with Gasteiger partial charge in [0.05, 0.1) is 5.92 Å². The van der Waals surface area contributed by atoms with Gasteiger partial charge in [0.15, 0.2) is 0 Å². The van der Waals surface area contributed by atoms with Crippen molar-refractivity contribution in [1.82, 2.24) is 0 Å². The van der Waals surface area contributed by atoms with Gasteiger partial charge in [-0.25, -0.2) is 4.79 Å². The second kappa shape index (κ2) is 2.06. The summed E-state index contributed by atoms with van der Waals surface area (Å²) >= 11 is 0. The van der Waals surface area contributed by atoms with Gasteiger partial charge in [0.1, 0.15) is 0 Å². The highest BCUT2D eigenvalue weighted by Crippen LogP contribution is 2.54. The lowest BCUT2D eigenvalue weighted by molar-refractivity contribution is -0.161. The number of rotatable bonds is 3. The van der Waals surface area contributed by atoms with Crippen LogP contribution in [0.3, 0.4) is 0 Å². The van der Waals surface area contributed by atoms with Crippen molar-refractivity contribution in [3.8, 4) is 0 Å². The molecule has 0 spiro atoms. The van der Waals surface area contributed by atoms with Gasteiger partial charge in [-0.1, -0.05) is 0 Å². The molecule has 5 nitrogen and oxygen atoms in total. The summed E-state index contributed by atoms with van der Waals surface area (Å²) in [6, 6.07) is 0. The van der Waals surface area contributed by atoms with Crippen LogP contribution in [0.2, 0.25) is 0 Å². The molecule has 0 aromatic carbocycles. The van der Waals surface area contributed by atoms with Gasteiger partial charge in [0.25, 0.3) is 6.47 Å². The first-order chi connectivity index (χ1) is 5.73. The van der Waals surface area contributed by atoms with E-state index in [2.05, 4.69) is 9.73 Å². The molecule has 2 aliphatic rings. The molecule has 3 atom stereocenters. The van der Waals surface area contributed by atoms with Crippen molar-refractivity contribution in [3.05, 3.63) is 0 Å². The molecule has 0 aromatic rings. The number of carbonyl (C=O) groups excluding carboxylic acids is 1. The summed E-state index contributed by atoms with van der Waals surface area (Å²) in [5.41, 5.74) is -1.29. The second-order valence-corrected chi connectivity index (χ2v) is 2.96. The van der Waals surface area contributed by atoms with Gasteiger partial charge < -0.3 is 9.84 Å². The fraction of sp³-hybridized carbons (Fsp3) is 0.571. The van der Waals surface area contributed by atoms with E-state index in [1.165, 1.54) is 0 Å². The van der Waals surface area contributed by atoms with Crippen LogP contribution in [0.1, 0.15) is 0 Å². The molecule has 1 N–H and O–H groups in total. The highest BCUT2D eigenvalue weighted by atomic mass is 16.6. The Hall–Kier alpha value is -1.39. The SMILES string of the molecule is O=COC1(C(=O)O)[C@@H]2C=NC[C@@H]21. The molecule has 0 bridgehead atoms. The first-order valence-corrected chi connectivity index (χ1v) is 3.58. The zero-order valence-corrected chi connectivity index (χ0v) is 6.14. The van der Waals surface area contributed by atoms with Gasteiger partial charge in [-0.15, -0.1) is 0 Å². The van der Waals surface area contributed by atoms with E-state index in [0.717, 1.165) is 0 Å². The Balaban J connectivity index is 2.23. The number of aliphatic carboxylic acids is 1. The van der Waals surface area contributed by atoms with Crippen molar-refractivity contribution in [2.75, 3.05) is 6.54 Å². The van der Waals surface area contributed by atoms with Crippen LogP contribution in [0, 0.1) is 11.8 Å². The van der Waals surface area contributed by atoms with Gasteiger partial charge in [0, 0.05) is 18.7 Å². The zero-order chi connectivity index (χ0) is 8.77. The first kappa shape index (κ1) is 7.27. The van der Waals surface area contributed by atoms with E-state index in [1.807, 2.05) is 0 Å². The number of nitrogens with zero attached hydrogens (tertiary/aromatic N) is 1. The molecular formula is C7H7NO4. The van der Waals surface area contributed by atoms with Crippen molar-refractivity contribution in [2.45, 2.75) is 5.60 Å². The van der Waals surface area contributed by atoms with E-state index < -0.39 is 11.6 Å².